The summed E-state index contributed by atoms with van der Waals surface area (Å²) in [5.74, 6) is -2.43. The highest BCUT2D eigenvalue weighted by molar-refractivity contribution is 5.77. The van der Waals surface area contributed by atoms with Crippen molar-refractivity contribution in [1.82, 2.24) is 15.8 Å². The van der Waals surface area contributed by atoms with Crippen molar-refractivity contribution in [2.24, 2.45) is 0 Å². The first-order valence-electron chi connectivity index (χ1n) is 11.3. The number of carbonyl (C=O) groups is 2. The minimum atomic E-state index is -5.08. The highest BCUT2D eigenvalue weighted by Crippen LogP contribution is 2.32. The number of nitrogens with zero attached hydrogens (tertiary/aromatic N) is 1. The lowest BCUT2D eigenvalue weighted by molar-refractivity contribution is -0.192. The van der Waals surface area contributed by atoms with Crippen LogP contribution in [0.2, 0.25) is 0 Å². The number of benzene rings is 1. The van der Waals surface area contributed by atoms with Gasteiger partial charge in [-0.25, -0.2) is 4.79 Å². The molecule has 1 saturated heterocycles. The molecule has 1 aliphatic rings. The molecule has 0 saturated carbocycles. The number of aryl methyl sites for hydroxylation is 1. The van der Waals surface area contributed by atoms with Gasteiger partial charge in [-0.3, -0.25) is 4.79 Å². The minimum Gasteiger partial charge on any atom is -0.475 e. The summed E-state index contributed by atoms with van der Waals surface area (Å²) in [6.07, 6.45) is -5.64. The van der Waals surface area contributed by atoms with E-state index in [1.165, 1.54) is 18.3 Å². The van der Waals surface area contributed by atoms with Crippen molar-refractivity contribution in [1.29, 1.82) is 0 Å². The van der Waals surface area contributed by atoms with Crippen LogP contribution in [0.5, 0.6) is 0 Å². The zero-order valence-corrected chi connectivity index (χ0v) is 20.7. The number of aromatic nitrogens is 1. The fraction of sp³-hybridized carbons (Fsp3) is 0.542. The van der Waals surface area contributed by atoms with E-state index in [1.54, 1.807) is 0 Å². The molecule has 0 unspecified atom stereocenters. The van der Waals surface area contributed by atoms with Crippen LogP contribution >= 0.6 is 0 Å². The van der Waals surface area contributed by atoms with Crippen LogP contribution < -0.4 is 10.6 Å². The van der Waals surface area contributed by atoms with Crippen LogP contribution in [0.1, 0.15) is 58.1 Å². The second kappa shape index (κ2) is 11.1. The number of aliphatic carboxylic acids is 1. The van der Waals surface area contributed by atoms with Crippen LogP contribution in [0.4, 0.5) is 26.3 Å². The fourth-order valence-corrected chi connectivity index (χ4v) is 4.46. The number of hydrogen-bond donors (Lipinski definition) is 3. The van der Waals surface area contributed by atoms with E-state index < -0.39 is 23.9 Å². The first kappa shape index (κ1) is 30.1. The zero-order chi connectivity index (χ0) is 28.2. The Bertz CT molecular complexity index is 1060. The molecule has 3 rings (SSSR count). The largest absolute Gasteiger partial charge is 0.490 e. The van der Waals surface area contributed by atoms with E-state index in [0.29, 0.717) is 23.3 Å². The molecule has 3 N–H and O–H groups in total. The van der Waals surface area contributed by atoms with Gasteiger partial charge in [0.25, 0.3) is 0 Å². The van der Waals surface area contributed by atoms with Crippen molar-refractivity contribution in [3.8, 4) is 11.3 Å². The van der Waals surface area contributed by atoms with E-state index >= 15 is 0 Å². The van der Waals surface area contributed by atoms with Gasteiger partial charge in [0.05, 0.1) is 11.8 Å². The summed E-state index contributed by atoms with van der Waals surface area (Å²) in [6.45, 7) is 8.50. The van der Waals surface area contributed by atoms with Crippen LogP contribution in [0.25, 0.3) is 11.3 Å². The van der Waals surface area contributed by atoms with Gasteiger partial charge in [-0.2, -0.15) is 26.3 Å². The smallest absolute Gasteiger partial charge is 0.475 e. The standard InChI is InChI=1S/C22H28F3N3O2.C2HF3O2/c1-20(2)11-17(12-21(3,4)28-20)27-18(29)10-7-15-13-26-30-19(15)14-5-8-16(9-6-14)22(23,24)25;3-2(4,5)1(6)7/h5-6,8-9,13,17,28H,7,10-12H2,1-4H3,(H,27,29);(H,6,7). The molecule has 2 aromatic rings. The van der Waals surface area contributed by atoms with Gasteiger partial charge in [0.1, 0.15) is 0 Å². The number of carbonyl (C=O) groups excluding carboxylic acids is 1. The van der Waals surface area contributed by atoms with Gasteiger partial charge in [-0.1, -0.05) is 17.3 Å². The number of halogens is 6. The summed E-state index contributed by atoms with van der Waals surface area (Å²) < 4.78 is 75.2. The Kier molecular flexibility index (Phi) is 9.05. The molecule has 0 atom stereocenters. The number of carboxylic acid groups (broad SMARTS) is 1. The predicted octanol–water partition coefficient (Wildman–Crippen LogP) is 5.35. The molecule has 37 heavy (non-hydrogen) atoms. The lowest BCUT2D eigenvalue weighted by Crippen LogP contribution is -2.62. The minimum absolute atomic E-state index is 0.0620. The van der Waals surface area contributed by atoms with E-state index in [0.717, 1.165) is 25.0 Å². The second-order valence-electron chi connectivity index (χ2n) is 10.1. The summed E-state index contributed by atoms with van der Waals surface area (Å²) >= 11 is 0. The Labute approximate surface area is 209 Å². The van der Waals surface area contributed by atoms with E-state index in [4.69, 9.17) is 14.4 Å². The third-order valence-corrected chi connectivity index (χ3v) is 5.54. The average Bonchev–Trinajstić information content (AvgIpc) is 3.17. The van der Waals surface area contributed by atoms with Crippen LogP contribution in [-0.2, 0) is 22.2 Å². The molecule has 13 heteroatoms. The van der Waals surface area contributed by atoms with E-state index in [-0.39, 0.29) is 29.4 Å². The van der Waals surface area contributed by atoms with E-state index in [9.17, 15) is 31.1 Å². The molecule has 1 aromatic carbocycles. The van der Waals surface area contributed by atoms with Crippen LogP contribution in [0.3, 0.4) is 0 Å². The molecular weight excluding hydrogens is 508 g/mol. The number of amides is 1. The third-order valence-electron chi connectivity index (χ3n) is 5.54. The summed E-state index contributed by atoms with van der Waals surface area (Å²) in [5.41, 5.74) is 0.335. The molecule has 206 valence electrons. The normalized spacial score (nSPS) is 17.5. The topological polar surface area (TPSA) is 104 Å². The second-order valence-corrected chi connectivity index (χ2v) is 10.1. The number of nitrogens with one attached hydrogen (secondary N) is 2. The van der Waals surface area contributed by atoms with Gasteiger partial charge in [0.2, 0.25) is 5.91 Å². The molecule has 1 fully saturated rings. The third kappa shape index (κ3) is 9.38. The summed E-state index contributed by atoms with van der Waals surface area (Å²) in [6, 6.07) is 4.81. The molecule has 0 aliphatic carbocycles. The van der Waals surface area contributed by atoms with E-state index in [2.05, 4.69) is 43.5 Å². The molecule has 0 spiro atoms. The lowest BCUT2D eigenvalue weighted by Gasteiger charge is -2.46. The van der Waals surface area contributed by atoms with Crippen molar-refractivity contribution in [2.45, 2.75) is 82.9 Å². The fourth-order valence-electron chi connectivity index (χ4n) is 4.46. The molecule has 0 bridgehead atoms. The van der Waals surface area contributed by atoms with Crippen molar-refractivity contribution in [3.05, 3.63) is 41.6 Å². The van der Waals surface area contributed by atoms with E-state index in [1.807, 2.05) is 0 Å². The predicted molar refractivity (Wildman–Crippen MR) is 121 cm³/mol. The Hall–Kier alpha value is -3.09. The molecule has 1 aliphatic heterocycles. The maximum absolute atomic E-state index is 12.8. The number of piperidine rings is 1. The van der Waals surface area contributed by atoms with Crippen molar-refractivity contribution >= 4 is 11.9 Å². The summed E-state index contributed by atoms with van der Waals surface area (Å²) in [5, 5.41) is 17.6. The van der Waals surface area contributed by atoms with Crippen molar-refractivity contribution in [2.75, 3.05) is 0 Å². The first-order chi connectivity index (χ1) is 16.8. The number of rotatable bonds is 5. The van der Waals surface area contributed by atoms with Gasteiger partial charge in [-0.05, 0) is 59.1 Å². The van der Waals surface area contributed by atoms with Gasteiger partial charge in [-0.15, -0.1) is 0 Å². The van der Waals surface area contributed by atoms with Crippen LogP contribution in [0, 0.1) is 0 Å². The molecule has 0 radical (unpaired) electrons. The molecule has 2 heterocycles. The van der Waals surface area contributed by atoms with Gasteiger partial charge in [0, 0.05) is 34.7 Å². The number of carboxylic acids is 1. The molecule has 1 amide bonds. The van der Waals surface area contributed by atoms with Crippen molar-refractivity contribution in [3.63, 3.8) is 0 Å². The summed E-state index contributed by atoms with van der Waals surface area (Å²) in [7, 11) is 0. The Balaban J connectivity index is 0.000000604. The maximum Gasteiger partial charge on any atom is 0.490 e. The first-order valence-corrected chi connectivity index (χ1v) is 11.3. The van der Waals surface area contributed by atoms with Gasteiger partial charge in [0.15, 0.2) is 5.76 Å². The number of hydrogen-bond acceptors (Lipinski definition) is 5. The van der Waals surface area contributed by atoms with Gasteiger partial charge < -0.3 is 20.3 Å². The molecular formula is C24H29F6N3O4. The van der Waals surface area contributed by atoms with Crippen LogP contribution in [-0.4, -0.2) is 45.4 Å². The van der Waals surface area contributed by atoms with Gasteiger partial charge >= 0.3 is 18.3 Å². The summed E-state index contributed by atoms with van der Waals surface area (Å²) in [4.78, 5) is 21.4. The zero-order valence-electron chi connectivity index (χ0n) is 20.7. The highest BCUT2D eigenvalue weighted by atomic mass is 19.4. The Morgan fingerprint density at radius 1 is 1.05 bits per heavy atom. The lowest BCUT2D eigenvalue weighted by atomic mass is 9.79. The van der Waals surface area contributed by atoms with Crippen molar-refractivity contribution < 1.29 is 45.6 Å². The highest BCUT2D eigenvalue weighted by Gasteiger charge is 2.39. The SMILES string of the molecule is CC1(C)CC(NC(=O)CCc2cnoc2-c2ccc(C(F)(F)F)cc2)CC(C)(C)N1.O=C(O)C(F)(F)F. The monoisotopic (exact) mass is 537 g/mol. The number of alkyl halides is 6. The quantitative estimate of drug-likeness (QED) is 0.444. The molecule has 7 nitrogen and oxygen atoms in total. The Morgan fingerprint density at radius 2 is 1.57 bits per heavy atom. The maximum atomic E-state index is 12.8. The Morgan fingerprint density at radius 3 is 2.03 bits per heavy atom. The molecule has 1 aromatic heterocycles. The average molecular weight is 538 g/mol. The van der Waals surface area contributed by atoms with Crippen LogP contribution in [0.15, 0.2) is 35.0 Å².